The zero-order valence-corrected chi connectivity index (χ0v) is 52.2. The van der Waals surface area contributed by atoms with Gasteiger partial charge in [-0.3, -0.25) is 9.98 Å². The van der Waals surface area contributed by atoms with Gasteiger partial charge in [0, 0.05) is 85.4 Å². The van der Waals surface area contributed by atoms with Crippen molar-refractivity contribution in [1.29, 1.82) is 0 Å². The van der Waals surface area contributed by atoms with Crippen molar-refractivity contribution in [3.8, 4) is 0 Å². The third-order valence-electron chi connectivity index (χ3n) is 13.5. The number of para-hydroxylation sites is 7. The maximum absolute atomic E-state index is 12.0. The molecule has 81 heavy (non-hydrogen) atoms. The summed E-state index contributed by atoms with van der Waals surface area (Å²) in [6.07, 6.45) is 3.87. The Morgan fingerprint density at radius 1 is 0.420 bits per heavy atom. The third-order valence-corrected chi connectivity index (χ3v) is 13.5. The number of hydrogen-bond acceptors (Lipinski definition) is 9. The number of rotatable bonds is 17. The van der Waals surface area contributed by atoms with E-state index in [4.69, 9.17) is 15.0 Å². The van der Waals surface area contributed by atoms with Crippen molar-refractivity contribution in [2.45, 2.75) is 111 Å². The molecule has 0 aliphatic carbocycles. The van der Waals surface area contributed by atoms with E-state index in [0.717, 1.165) is 52.9 Å². The standard InChI is InChI=1S/C34H46N3.2C16H18N2O.C4H8O.Lu/c1-22(2)27-16-13-17-28(23(3)4)33(27)35-32(21-26-15-11-12-20-31(26)37(9)10)36-34-29(24(5)6)18-14-19-30(34)25(7)8;2*1-18(2)15-11-7-6-8-13(15)12-16(19)17-14-9-4-3-5-10-14;1-2-4-5-3-1;/h11-20,22-25H,21H2,1-10H3;2*3-11H,12H2,1-2H3,(H,17,19);1-4H2;/q-1;;;;+3/p-2. The van der Waals surface area contributed by atoms with Gasteiger partial charge in [0.15, 0.2) is 0 Å². The predicted molar refractivity (Wildman–Crippen MR) is 340 cm³/mol. The minimum Gasteiger partial charge on any atom is -0.861 e. The maximum Gasteiger partial charge on any atom is 3.00 e. The van der Waals surface area contributed by atoms with Gasteiger partial charge in [0.1, 0.15) is 0 Å². The van der Waals surface area contributed by atoms with Crippen LogP contribution in [0.3, 0.4) is 0 Å². The van der Waals surface area contributed by atoms with Crippen molar-refractivity contribution >= 4 is 57.4 Å². The summed E-state index contributed by atoms with van der Waals surface area (Å²) in [5.74, 6) is 2.12. The van der Waals surface area contributed by atoms with Gasteiger partial charge in [-0.25, -0.2) is 0 Å². The molecule has 10 nitrogen and oxygen atoms in total. The fourth-order valence-electron chi connectivity index (χ4n) is 9.31. The summed E-state index contributed by atoms with van der Waals surface area (Å²) < 4.78 is 4.94. The molecular weight excluding hydrogens is 1160 g/mol. The van der Waals surface area contributed by atoms with Crippen LogP contribution in [0.25, 0.3) is 5.32 Å². The zero-order chi connectivity index (χ0) is 58.1. The number of ether oxygens (including phenoxy) is 1. The van der Waals surface area contributed by atoms with Crippen LogP contribution < -0.4 is 24.9 Å². The SMILES string of the molecule is C1CCOC1.CC(C)c1cccc(C(C)C)c1N=C(Cc1ccccc1N(C)C)[N-]c1c(C(C)C)cccc1C(C)C.CN(C)c1ccccc1CC([O-])=Nc1ccccc1.CN(C)c1ccccc1CC([O-])=Nc1ccccc1.[Lu+3]. The van der Waals surface area contributed by atoms with Crippen LogP contribution in [0.4, 0.5) is 39.8 Å². The van der Waals surface area contributed by atoms with Gasteiger partial charge in [-0.15, -0.1) is 0 Å². The second-order valence-corrected chi connectivity index (χ2v) is 21.9. The quantitative estimate of drug-likeness (QED) is 0.0662. The molecule has 1 fully saturated rings. The van der Waals surface area contributed by atoms with E-state index in [0.29, 0.717) is 54.3 Å². The Balaban J connectivity index is 0.000000268. The van der Waals surface area contributed by atoms with Crippen LogP contribution >= 0.6 is 0 Å². The Kier molecular flexibility index (Phi) is 28.8. The van der Waals surface area contributed by atoms with Gasteiger partial charge in [-0.1, -0.05) is 189 Å². The molecule has 11 heteroatoms. The zero-order valence-electron chi connectivity index (χ0n) is 50.5. The van der Waals surface area contributed by atoms with Crippen LogP contribution in [-0.4, -0.2) is 73.1 Å². The smallest absolute Gasteiger partial charge is 0.861 e. The van der Waals surface area contributed by atoms with Gasteiger partial charge in [0.05, 0.1) is 11.4 Å². The monoisotopic (exact) mass is 1250 g/mol. The van der Waals surface area contributed by atoms with E-state index < -0.39 is 0 Å². The molecule has 0 spiro atoms. The van der Waals surface area contributed by atoms with Crippen LogP contribution in [0.5, 0.6) is 0 Å². The van der Waals surface area contributed by atoms with Crippen molar-refractivity contribution in [2.24, 2.45) is 15.0 Å². The van der Waals surface area contributed by atoms with E-state index in [1.807, 2.05) is 147 Å². The van der Waals surface area contributed by atoms with Gasteiger partial charge in [-0.05, 0) is 148 Å². The van der Waals surface area contributed by atoms with E-state index >= 15 is 0 Å². The fraction of sp³-hybridized carbons (Fsp3) is 0.357. The number of benzene rings is 7. The average Bonchev–Trinajstić information content (AvgIpc) is 4.04. The average molecular weight is 1250 g/mol. The Labute approximate surface area is 516 Å². The van der Waals surface area contributed by atoms with Crippen LogP contribution in [0, 0.1) is 36.9 Å². The van der Waals surface area contributed by atoms with E-state index in [-0.39, 0.29) is 48.7 Å². The van der Waals surface area contributed by atoms with Crippen molar-refractivity contribution in [3.05, 3.63) is 214 Å². The first kappa shape index (κ1) is 67.1. The molecule has 1 aliphatic rings. The number of hydrogen-bond donors (Lipinski definition) is 0. The van der Waals surface area contributed by atoms with Crippen molar-refractivity contribution in [3.63, 3.8) is 0 Å². The maximum atomic E-state index is 12.0. The summed E-state index contributed by atoms with van der Waals surface area (Å²) in [6, 6.07) is 56.2. The predicted octanol–water partition coefficient (Wildman–Crippen LogP) is 15.8. The molecule has 8 rings (SSSR count). The van der Waals surface area contributed by atoms with Gasteiger partial charge >= 0.3 is 36.9 Å². The van der Waals surface area contributed by atoms with Crippen molar-refractivity contribution < 1.29 is 51.8 Å². The van der Waals surface area contributed by atoms with Gasteiger partial charge < -0.3 is 40.0 Å². The van der Waals surface area contributed by atoms with Crippen molar-refractivity contribution in [1.82, 2.24) is 0 Å². The minimum atomic E-state index is -0.125. The largest absolute Gasteiger partial charge is 3.00 e. The fourth-order valence-corrected chi connectivity index (χ4v) is 9.31. The van der Waals surface area contributed by atoms with Crippen LogP contribution in [0.1, 0.15) is 131 Å². The molecule has 0 N–H and O–H groups in total. The number of nitrogens with zero attached hydrogens (tertiary/aromatic N) is 7. The molecular formula is C70H88LuN7O3. The summed E-state index contributed by atoms with van der Waals surface area (Å²) >= 11 is 0. The molecule has 0 radical (unpaired) electrons. The van der Waals surface area contributed by atoms with E-state index in [1.165, 1.54) is 46.3 Å². The minimum absolute atomic E-state index is 0. The Morgan fingerprint density at radius 3 is 1.06 bits per heavy atom. The third kappa shape index (κ3) is 21.8. The summed E-state index contributed by atoms with van der Waals surface area (Å²) in [7, 11) is 12.1. The molecule has 0 atom stereocenters. The van der Waals surface area contributed by atoms with Gasteiger partial charge in [-0.2, -0.15) is 0 Å². The van der Waals surface area contributed by atoms with Gasteiger partial charge in [0.2, 0.25) is 0 Å². The van der Waals surface area contributed by atoms with E-state index in [9.17, 15) is 10.2 Å². The Bertz CT molecular complexity index is 2890. The molecule has 1 heterocycles. The number of anilines is 3. The first-order chi connectivity index (χ1) is 38.3. The molecule has 0 bridgehead atoms. The second kappa shape index (κ2) is 34.7. The van der Waals surface area contributed by atoms with Gasteiger partial charge in [0.25, 0.3) is 0 Å². The van der Waals surface area contributed by atoms with Crippen LogP contribution in [-0.2, 0) is 24.0 Å². The first-order valence-electron chi connectivity index (χ1n) is 28.3. The van der Waals surface area contributed by atoms with Crippen LogP contribution in [0.2, 0.25) is 0 Å². The molecule has 436 valence electrons. The van der Waals surface area contributed by atoms with Crippen molar-refractivity contribution in [2.75, 3.05) is 70.2 Å². The number of amidine groups is 1. The summed E-state index contributed by atoms with van der Waals surface area (Å²) in [6.45, 7) is 20.0. The molecule has 7 aromatic rings. The molecule has 7 aromatic carbocycles. The second-order valence-electron chi connectivity index (χ2n) is 21.9. The van der Waals surface area contributed by atoms with Crippen LogP contribution in [0.15, 0.2) is 185 Å². The molecule has 1 aliphatic heterocycles. The molecule has 0 amide bonds. The first-order valence-corrected chi connectivity index (χ1v) is 28.3. The number of aliphatic imine (C=N–C) groups is 3. The molecule has 0 saturated carbocycles. The normalized spacial score (nSPS) is 12.4. The van der Waals surface area contributed by atoms with E-state index in [2.05, 4.69) is 145 Å². The summed E-state index contributed by atoms with van der Waals surface area (Å²) in [5, 5.41) is 29.4. The Hall–Kier alpha value is -6.46. The molecule has 1 saturated heterocycles. The summed E-state index contributed by atoms with van der Waals surface area (Å²) in [4.78, 5) is 19.8. The molecule has 0 unspecified atom stereocenters. The Morgan fingerprint density at radius 2 is 0.741 bits per heavy atom. The molecule has 0 aromatic heterocycles. The summed E-state index contributed by atoms with van der Waals surface area (Å²) in [5.41, 5.74) is 15.2. The topological polar surface area (TPSA) is 116 Å². The van der Waals surface area contributed by atoms with E-state index in [1.54, 1.807) is 0 Å².